The van der Waals surface area contributed by atoms with Crippen LogP contribution < -0.4 is 14.8 Å². The molecule has 9 nitrogen and oxygen atoms in total. The predicted molar refractivity (Wildman–Crippen MR) is 79.5 cm³/mol. The standard InChI is InChI=1S/C14H16N4O5/c1-21-11-5-4-9(6-12(11)22-2)15-13(19)8-18-7-10(16-17-18)14(20)23-3/h4-7H,8H2,1-3H3,(H,15,19). The van der Waals surface area contributed by atoms with Crippen LogP contribution in [0.15, 0.2) is 24.4 Å². The molecule has 0 radical (unpaired) electrons. The molecule has 0 saturated carbocycles. The minimum Gasteiger partial charge on any atom is -0.493 e. The number of methoxy groups -OCH3 is 3. The molecule has 0 atom stereocenters. The third kappa shape index (κ3) is 3.96. The summed E-state index contributed by atoms with van der Waals surface area (Å²) in [5.41, 5.74) is 0.576. The molecule has 9 heteroatoms. The molecule has 0 aliphatic rings. The summed E-state index contributed by atoms with van der Waals surface area (Å²) in [6.45, 7) is -0.0989. The Kier molecular flexibility index (Phi) is 5.13. The fourth-order valence-electron chi connectivity index (χ4n) is 1.84. The molecule has 122 valence electrons. The summed E-state index contributed by atoms with van der Waals surface area (Å²) in [4.78, 5) is 23.3. The number of hydrogen-bond acceptors (Lipinski definition) is 7. The number of amides is 1. The van der Waals surface area contributed by atoms with Gasteiger partial charge in [0.1, 0.15) is 6.54 Å². The number of carbonyl (C=O) groups is 2. The molecule has 2 aromatic rings. The fourth-order valence-corrected chi connectivity index (χ4v) is 1.84. The van der Waals surface area contributed by atoms with Crippen LogP contribution in [-0.2, 0) is 16.1 Å². The summed E-state index contributed by atoms with van der Waals surface area (Å²) < 4.78 is 16.0. The van der Waals surface area contributed by atoms with Crippen LogP contribution in [-0.4, -0.2) is 48.2 Å². The average Bonchev–Trinajstić information content (AvgIpc) is 3.02. The minimum absolute atomic E-state index is 0.0337. The highest BCUT2D eigenvalue weighted by Gasteiger charge is 2.13. The van der Waals surface area contributed by atoms with Crippen molar-refractivity contribution in [3.63, 3.8) is 0 Å². The van der Waals surface area contributed by atoms with Crippen molar-refractivity contribution in [2.45, 2.75) is 6.54 Å². The van der Waals surface area contributed by atoms with Crippen molar-refractivity contribution < 1.29 is 23.8 Å². The summed E-state index contributed by atoms with van der Waals surface area (Å²) in [6.07, 6.45) is 1.33. The van der Waals surface area contributed by atoms with Crippen LogP contribution in [0.2, 0.25) is 0 Å². The van der Waals surface area contributed by atoms with E-state index in [2.05, 4.69) is 20.4 Å². The highest BCUT2D eigenvalue weighted by molar-refractivity contribution is 5.91. The quantitative estimate of drug-likeness (QED) is 0.782. The SMILES string of the molecule is COC(=O)c1cn(CC(=O)Nc2ccc(OC)c(OC)c2)nn1. The van der Waals surface area contributed by atoms with Crippen molar-refractivity contribution in [1.29, 1.82) is 0 Å². The average molecular weight is 320 g/mol. The number of nitrogens with zero attached hydrogens (tertiary/aromatic N) is 3. The van der Waals surface area contributed by atoms with E-state index in [0.29, 0.717) is 17.2 Å². The lowest BCUT2D eigenvalue weighted by Crippen LogP contribution is -2.19. The first-order chi connectivity index (χ1) is 11.1. The Bertz CT molecular complexity index is 713. The van der Waals surface area contributed by atoms with Gasteiger partial charge in [0, 0.05) is 11.8 Å². The lowest BCUT2D eigenvalue weighted by molar-refractivity contribution is -0.116. The van der Waals surface area contributed by atoms with Crippen molar-refractivity contribution in [1.82, 2.24) is 15.0 Å². The van der Waals surface area contributed by atoms with Gasteiger partial charge < -0.3 is 19.5 Å². The maximum atomic E-state index is 12.0. The van der Waals surface area contributed by atoms with Gasteiger partial charge in [-0.3, -0.25) is 4.79 Å². The molecule has 0 bridgehead atoms. The number of rotatable bonds is 6. The Morgan fingerprint density at radius 1 is 1.17 bits per heavy atom. The Morgan fingerprint density at radius 2 is 1.91 bits per heavy atom. The first-order valence-electron chi connectivity index (χ1n) is 6.57. The van der Waals surface area contributed by atoms with Crippen LogP contribution in [0.25, 0.3) is 0 Å². The molecule has 1 N–H and O–H groups in total. The van der Waals surface area contributed by atoms with Crippen molar-refractivity contribution in [2.75, 3.05) is 26.6 Å². The van der Waals surface area contributed by atoms with Crippen LogP contribution >= 0.6 is 0 Å². The normalized spacial score (nSPS) is 10.0. The molecule has 1 aromatic carbocycles. The van der Waals surface area contributed by atoms with E-state index in [0.717, 1.165) is 0 Å². The molecule has 0 spiro atoms. The van der Waals surface area contributed by atoms with Crippen LogP contribution in [0, 0.1) is 0 Å². The summed E-state index contributed by atoms with van der Waals surface area (Å²) in [7, 11) is 4.28. The number of esters is 1. The maximum absolute atomic E-state index is 12.0. The molecule has 1 heterocycles. The molecular formula is C14H16N4O5. The number of anilines is 1. The van der Waals surface area contributed by atoms with Gasteiger partial charge in [0.15, 0.2) is 17.2 Å². The number of hydrogen-bond donors (Lipinski definition) is 1. The van der Waals surface area contributed by atoms with E-state index < -0.39 is 5.97 Å². The van der Waals surface area contributed by atoms with Crippen molar-refractivity contribution in [2.24, 2.45) is 0 Å². The number of carbonyl (C=O) groups excluding carboxylic acids is 2. The Morgan fingerprint density at radius 3 is 2.57 bits per heavy atom. The zero-order valence-corrected chi connectivity index (χ0v) is 12.9. The molecule has 23 heavy (non-hydrogen) atoms. The van der Waals surface area contributed by atoms with Crippen molar-refractivity contribution in [3.8, 4) is 11.5 Å². The molecular weight excluding hydrogens is 304 g/mol. The topological polar surface area (TPSA) is 105 Å². The highest BCUT2D eigenvalue weighted by Crippen LogP contribution is 2.29. The predicted octanol–water partition coefficient (Wildman–Crippen LogP) is 0.721. The number of benzene rings is 1. The molecule has 0 aliphatic carbocycles. The molecule has 0 fully saturated rings. The van der Waals surface area contributed by atoms with Crippen LogP contribution in [0.5, 0.6) is 11.5 Å². The van der Waals surface area contributed by atoms with E-state index in [1.54, 1.807) is 18.2 Å². The van der Waals surface area contributed by atoms with Gasteiger partial charge in [0.2, 0.25) is 5.91 Å². The Labute approximate surface area is 132 Å². The van der Waals surface area contributed by atoms with Gasteiger partial charge in [-0.05, 0) is 12.1 Å². The van der Waals surface area contributed by atoms with Gasteiger partial charge in [-0.2, -0.15) is 0 Å². The number of aromatic nitrogens is 3. The minimum atomic E-state index is -0.614. The molecule has 1 aromatic heterocycles. The van der Waals surface area contributed by atoms with E-state index in [-0.39, 0.29) is 18.1 Å². The van der Waals surface area contributed by atoms with Gasteiger partial charge in [0.05, 0.1) is 27.5 Å². The monoisotopic (exact) mass is 320 g/mol. The maximum Gasteiger partial charge on any atom is 0.360 e. The second-order valence-electron chi connectivity index (χ2n) is 4.41. The lowest BCUT2D eigenvalue weighted by Gasteiger charge is -2.10. The van der Waals surface area contributed by atoms with Gasteiger partial charge >= 0.3 is 5.97 Å². The van der Waals surface area contributed by atoms with E-state index in [1.165, 1.54) is 32.2 Å². The third-order valence-electron chi connectivity index (χ3n) is 2.91. The summed E-state index contributed by atoms with van der Waals surface area (Å²) in [5, 5.41) is 10.00. The Hall–Kier alpha value is -3.10. The second kappa shape index (κ2) is 7.25. The van der Waals surface area contributed by atoms with Crippen LogP contribution in [0.4, 0.5) is 5.69 Å². The van der Waals surface area contributed by atoms with Gasteiger partial charge in [-0.15, -0.1) is 5.10 Å². The summed E-state index contributed by atoms with van der Waals surface area (Å²) >= 11 is 0. The Balaban J connectivity index is 2.02. The first kappa shape index (κ1) is 16.3. The highest BCUT2D eigenvalue weighted by atomic mass is 16.5. The first-order valence-corrected chi connectivity index (χ1v) is 6.57. The number of ether oxygens (including phenoxy) is 3. The fraction of sp³-hybridized carbons (Fsp3) is 0.286. The van der Waals surface area contributed by atoms with Crippen LogP contribution in [0.1, 0.15) is 10.5 Å². The van der Waals surface area contributed by atoms with Crippen molar-refractivity contribution in [3.05, 3.63) is 30.1 Å². The molecule has 0 unspecified atom stereocenters. The third-order valence-corrected chi connectivity index (χ3v) is 2.91. The largest absolute Gasteiger partial charge is 0.493 e. The zero-order valence-electron chi connectivity index (χ0n) is 12.9. The van der Waals surface area contributed by atoms with E-state index >= 15 is 0 Å². The molecule has 2 rings (SSSR count). The summed E-state index contributed by atoms with van der Waals surface area (Å²) in [5.74, 6) is 0.110. The molecule has 1 amide bonds. The summed E-state index contributed by atoms with van der Waals surface area (Å²) in [6, 6.07) is 5.00. The van der Waals surface area contributed by atoms with E-state index in [9.17, 15) is 9.59 Å². The smallest absolute Gasteiger partial charge is 0.360 e. The second-order valence-corrected chi connectivity index (χ2v) is 4.41. The van der Waals surface area contributed by atoms with Gasteiger partial charge in [-0.25, -0.2) is 9.48 Å². The van der Waals surface area contributed by atoms with E-state index in [1.807, 2.05) is 0 Å². The van der Waals surface area contributed by atoms with Crippen molar-refractivity contribution >= 4 is 17.6 Å². The zero-order chi connectivity index (χ0) is 16.8. The van der Waals surface area contributed by atoms with E-state index in [4.69, 9.17) is 9.47 Å². The number of nitrogens with one attached hydrogen (secondary N) is 1. The molecule has 0 aliphatic heterocycles. The lowest BCUT2D eigenvalue weighted by atomic mass is 10.2. The molecule has 0 saturated heterocycles. The van der Waals surface area contributed by atoms with Crippen LogP contribution in [0.3, 0.4) is 0 Å². The van der Waals surface area contributed by atoms with Gasteiger partial charge in [0.25, 0.3) is 0 Å². The van der Waals surface area contributed by atoms with Gasteiger partial charge in [-0.1, -0.05) is 5.21 Å².